The Hall–Kier alpha value is -3.38. The molecule has 0 radical (unpaired) electrons. The minimum atomic E-state index is -3.50. The van der Waals surface area contributed by atoms with Crippen LogP contribution in [0.15, 0.2) is 77.3 Å². The number of hydrogen-bond acceptors (Lipinski definition) is 5. The first-order valence-electron chi connectivity index (χ1n) is 16.7. The van der Waals surface area contributed by atoms with Crippen molar-refractivity contribution in [2.24, 2.45) is 5.92 Å². The van der Waals surface area contributed by atoms with E-state index in [2.05, 4.69) is 15.9 Å². The minimum absolute atomic E-state index is 0.101. The highest BCUT2D eigenvalue weighted by molar-refractivity contribution is 9.10. The number of benzene rings is 3. The first kappa shape index (κ1) is 34.5. The van der Waals surface area contributed by atoms with Crippen LogP contribution in [0.3, 0.4) is 0 Å². The van der Waals surface area contributed by atoms with Gasteiger partial charge in [0.25, 0.3) is 5.91 Å². The van der Waals surface area contributed by atoms with Crippen LogP contribution in [0.4, 0.5) is 15.5 Å². The number of carbonyl (C=O) groups excluding carboxylic acids is 3. The second kappa shape index (κ2) is 13.9. The van der Waals surface area contributed by atoms with Crippen LogP contribution in [-0.4, -0.2) is 61.9 Å². The summed E-state index contributed by atoms with van der Waals surface area (Å²) in [7, 11) is -3.50. The van der Waals surface area contributed by atoms with Gasteiger partial charge in [-0.15, -0.1) is 0 Å². The maximum atomic E-state index is 16.4. The highest BCUT2D eigenvalue weighted by Crippen LogP contribution is 2.60. The molecular formula is C37H43BrFN3O5Si. The van der Waals surface area contributed by atoms with Gasteiger partial charge in [0.2, 0.25) is 20.2 Å². The molecule has 0 saturated carbocycles. The quantitative estimate of drug-likeness (QED) is 0.185. The molecule has 2 fully saturated rings. The van der Waals surface area contributed by atoms with Crippen LogP contribution in [-0.2, 0) is 37.8 Å². The van der Waals surface area contributed by atoms with E-state index < -0.39 is 31.6 Å². The lowest BCUT2D eigenvalue weighted by atomic mass is 9.82. The number of fused-ring (bicyclic) bond motifs is 2. The molecule has 3 amide bonds. The molecule has 3 aliphatic heterocycles. The van der Waals surface area contributed by atoms with Crippen LogP contribution in [0, 0.1) is 5.92 Å². The van der Waals surface area contributed by atoms with E-state index in [1.807, 2.05) is 84.6 Å². The van der Waals surface area contributed by atoms with E-state index in [0.29, 0.717) is 30.8 Å². The SMILES string of the molecule is C[C@H]1[C@H]([Si](C)(C)F)[C@@H](CC(=O)N(CCO)Cc2ccccc2)O[C@]12C(=O)N(Cc1cccc(N3CCCCC3=O)c1)c1ccc(Br)cc12. The van der Waals surface area contributed by atoms with Gasteiger partial charge in [-0.3, -0.25) is 14.4 Å². The molecule has 1 N–H and O–H groups in total. The van der Waals surface area contributed by atoms with Gasteiger partial charge in [0, 0.05) is 53.2 Å². The average molecular weight is 737 g/mol. The van der Waals surface area contributed by atoms with Crippen molar-refractivity contribution < 1.29 is 28.3 Å². The maximum absolute atomic E-state index is 16.4. The summed E-state index contributed by atoms with van der Waals surface area (Å²) in [4.78, 5) is 46.4. The normalized spacial score (nSPS) is 24.0. The maximum Gasteiger partial charge on any atom is 0.264 e. The van der Waals surface area contributed by atoms with Gasteiger partial charge in [-0.2, -0.15) is 0 Å². The van der Waals surface area contributed by atoms with E-state index in [1.165, 1.54) is 0 Å². The summed E-state index contributed by atoms with van der Waals surface area (Å²) in [6.07, 6.45) is 1.43. The van der Waals surface area contributed by atoms with Crippen molar-refractivity contribution in [1.29, 1.82) is 0 Å². The number of hydrogen-bond donors (Lipinski definition) is 1. The third-order valence-corrected chi connectivity index (χ3v) is 13.1. The number of halogens is 2. The fraction of sp³-hybridized carbons (Fsp3) is 0.432. The Kier molecular flexibility index (Phi) is 9.95. The van der Waals surface area contributed by atoms with E-state index >= 15 is 4.11 Å². The lowest BCUT2D eigenvalue weighted by Gasteiger charge is -2.31. The van der Waals surface area contributed by atoms with Gasteiger partial charge < -0.3 is 28.7 Å². The molecule has 0 unspecified atom stereocenters. The van der Waals surface area contributed by atoms with Gasteiger partial charge in [-0.25, -0.2) is 0 Å². The summed E-state index contributed by atoms with van der Waals surface area (Å²) in [5.74, 6) is -0.988. The van der Waals surface area contributed by atoms with Crippen molar-refractivity contribution in [1.82, 2.24) is 4.90 Å². The second-order valence-corrected chi connectivity index (χ2v) is 18.4. The van der Waals surface area contributed by atoms with Crippen molar-refractivity contribution in [3.05, 3.63) is 94.0 Å². The molecule has 0 bridgehead atoms. The van der Waals surface area contributed by atoms with Gasteiger partial charge in [0.15, 0.2) is 5.60 Å². The van der Waals surface area contributed by atoms with E-state index in [4.69, 9.17) is 4.74 Å². The van der Waals surface area contributed by atoms with E-state index in [1.54, 1.807) is 22.9 Å². The van der Waals surface area contributed by atoms with E-state index in [-0.39, 0.29) is 43.8 Å². The summed E-state index contributed by atoms with van der Waals surface area (Å²) in [5, 5.41) is 9.79. The molecule has 3 aliphatic rings. The lowest BCUT2D eigenvalue weighted by Crippen LogP contribution is -2.45. The van der Waals surface area contributed by atoms with Crippen LogP contribution in [0.25, 0.3) is 0 Å². The zero-order valence-electron chi connectivity index (χ0n) is 27.7. The smallest absolute Gasteiger partial charge is 0.264 e. The Morgan fingerprint density at radius 1 is 1.06 bits per heavy atom. The number of piperidine rings is 1. The predicted octanol–water partition coefficient (Wildman–Crippen LogP) is 6.70. The number of ether oxygens (including phenoxy) is 1. The highest BCUT2D eigenvalue weighted by Gasteiger charge is 2.67. The molecule has 11 heteroatoms. The zero-order chi connectivity index (χ0) is 34.2. The van der Waals surface area contributed by atoms with Crippen LogP contribution in [0.1, 0.15) is 49.3 Å². The third-order valence-electron chi connectivity index (χ3n) is 10.1. The first-order chi connectivity index (χ1) is 22.9. The molecule has 3 aromatic rings. The first-order valence-corrected chi connectivity index (χ1v) is 20.5. The van der Waals surface area contributed by atoms with Gasteiger partial charge in [-0.1, -0.05) is 65.3 Å². The van der Waals surface area contributed by atoms with Crippen LogP contribution < -0.4 is 9.80 Å². The van der Waals surface area contributed by atoms with Gasteiger partial charge in [-0.05, 0) is 67.4 Å². The largest absolute Gasteiger partial charge is 0.395 e. The van der Waals surface area contributed by atoms with Crippen molar-refractivity contribution in [3.63, 3.8) is 0 Å². The molecule has 0 aliphatic carbocycles. The Morgan fingerprint density at radius 3 is 2.52 bits per heavy atom. The Bertz CT molecular complexity index is 1690. The van der Waals surface area contributed by atoms with Crippen molar-refractivity contribution >= 4 is 53.4 Å². The molecule has 3 aromatic carbocycles. The molecule has 0 aromatic heterocycles. The van der Waals surface area contributed by atoms with Gasteiger partial charge in [0.05, 0.1) is 31.4 Å². The number of aliphatic hydroxyl groups is 1. The monoisotopic (exact) mass is 735 g/mol. The fourth-order valence-corrected chi connectivity index (χ4v) is 10.8. The number of anilines is 2. The van der Waals surface area contributed by atoms with Crippen LogP contribution in [0.2, 0.25) is 18.6 Å². The highest BCUT2D eigenvalue weighted by atomic mass is 79.9. The van der Waals surface area contributed by atoms with E-state index in [0.717, 1.165) is 34.1 Å². The molecule has 8 nitrogen and oxygen atoms in total. The molecule has 1 spiro atoms. The summed E-state index contributed by atoms with van der Waals surface area (Å²) in [5.41, 5.74) is 1.82. The Morgan fingerprint density at radius 2 is 1.81 bits per heavy atom. The van der Waals surface area contributed by atoms with Gasteiger partial charge >= 0.3 is 0 Å². The van der Waals surface area contributed by atoms with Crippen molar-refractivity contribution in [2.75, 3.05) is 29.5 Å². The minimum Gasteiger partial charge on any atom is -0.395 e. The predicted molar refractivity (Wildman–Crippen MR) is 190 cm³/mol. The summed E-state index contributed by atoms with van der Waals surface area (Å²) >= 11 is 3.59. The molecule has 4 atom stereocenters. The average Bonchev–Trinajstić information content (AvgIpc) is 3.47. The number of amides is 3. The van der Waals surface area contributed by atoms with Crippen molar-refractivity contribution in [2.45, 2.75) is 76.0 Å². The Balaban J connectivity index is 1.33. The number of nitrogens with zero attached hydrogens (tertiary/aromatic N) is 3. The summed E-state index contributed by atoms with van der Waals surface area (Å²) in [6, 6.07) is 22.9. The molecule has 6 rings (SSSR count). The zero-order valence-corrected chi connectivity index (χ0v) is 30.3. The molecule has 2 saturated heterocycles. The second-order valence-electron chi connectivity index (χ2n) is 13.7. The summed E-state index contributed by atoms with van der Waals surface area (Å²) in [6.45, 7) is 6.26. The van der Waals surface area contributed by atoms with Crippen LogP contribution in [0.5, 0.6) is 0 Å². The Labute approximate surface area is 291 Å². The third kappa shape index (κ3) is 6.49. The molecule has 254 valence electrons. The van der Waals surface area contributed by atoms with Crippen LogP contribution >= 0.6 is 15.9 Å². The van der Waals surface area contributed by atoms with Crippen molar-refractivity contribution in [3.8, 4) is 0 Å². The van der Waals surface area contributed by atoms with E-state index in [9.17, 15) is 19.5 Å². The fourth-order valence-electron chi connectivity index (χ4n) is 7.98. The standard InChI is InChI=1S/C37H43BrFN3O5Si/c1-25-35(48(2,3)39)32(22-34(45)40(18-19-43)23-26-10-5-4-6-11-26)47-37(25)30-21-28(38)15-16-31(30)42(36(37)46)24-27-12-9-13-29(20-27)41-17-8-7-14-33(41)44/h4-6,9-13,15-16,20-21,25,32,35,43H,7-8,14,17-19,22-24H2,1-3H3/t25-,32+,35-,37+/m0/s1. The molecule has 3 heterocycles. The number of carbonyl (C=O) groups is 3. The van der Waals surface area contributed by atoms with Gasteiger partial charge in [0.1, 0.15) is 0 Å². The summed E-state index contributed by atoms with van der Waals surface area (Å²) < 4.78 is 24.0. The molecule has 48 heavy (non-hydrogen) atoms. The number of aliphatic hydroxyl groups excluding tert-OH is 1. The lowest BCUT2D eigenvalue weighted by molar-refractivity contribution is -0.150. The number of rotatable bonds is 10. The topological polar surface area (TPSA) is 90.4 Å². The molecular weight excluding hydrogens is 693 g/mol.